The Kier molecular flexibility index (Phi) is 3.62. The third-order valence-corrected chi connectivity index (χ3v) is 5.61. The Balaban J connectivity index is 1.62. The molecule has 1 aliphatic heterocycles. The summed E-state index contributed by atoms with van der Waals surface area (Å²) in [6.45, 7) is 9.68. The molecule has 110 valence electrons. The van der Waals surface area contributed by atoms with Crippen molar-refractivity contribution in [2.75, 3.05) is 13.1 Å². The van der Waals surface area contributed by atoms with E-state index in [0.717, 1.165) is 5.92 Å². The Hall–Kier alpha value is -0.890. The molecule has 1 aromatic heterocycles. The minimum Gasteiger partial charge on any atom is -0.298 e. The maximum Gasteiger partial charge on any atom is 0.0270 e. The molecule has 2 fully saturated rings. The van der Waals surface area contributed by atoms with Gasteiger partial charge in [0.05, 0.1) is 0 Å². The van der Waals surface area contributed by atoms with Gasteiger partial charge in [-0.15, -0.1) is 0 Å². The van der Waals surface area contributed by atoms with Crippen molar-refractivity contribution in [3.05, 3.63) is 30.1 Å². The molecule has 2 aliphatic rings. The van der Waals surface area contributed by atoms with Crippen molar-refractivity contribution >= 4 is 0 Å². The smallest absolute Gasteiger partial charge is 0.0270 e. The molecule has 0 aromatic carbocycles. The molecule has 0 radical (unpaired) electrons. The molecule has 20 heavy (non-hydrogen) atoms. The molecule has 2 nitrogen and oxygen atoms in total. The van der Waals surface area contributed by atoms with E-state index < -0.39 is 0 Å². The van der Waals surface area contributed by atoms with Gasteiger partial charge in [-0.1, -0.05) is 0 Å². The van der Waals surface area contributed by atoms with Crippen LogP contribution in [0.15, 0.2) is 24.5 Å². The van der Waals surface area contributed by atoms with Crippen molar-refractivity contribution < 1.29 is 0 Å². The molecule has 1 aromatic rings. The van der Waals surface area contributed by atoms with Crippen LogP contribution < -0.4 is 0 Å². The molecule has 0 amide bonds. The molecule has 1 saturated carbocycles. The molecule has 0 N–H and O–H groups in total. The first-order valence-corrected chi connectivity index (χ1v) is 8.14. The van der Waals surface area contributed by atoms with E-state index in [4.69, 9.17) is 0 Å². The number of nitrogens with zero attached hydrogens (tertiary/aromatic N) is 2. The van der Waals surface area contributed by atoms with E-state index in [1.807, 2.05) is 12.4 Å². The van der Waals surface area contributed by atoms with Crippen LogP contribution in [-0.2, 0) is 0 Å². The zero-order valence-corrected chi connectivity index (χ0v) is 13.2. The van der Waals surface area contributed by atoms with E-state index in [-0.39, 0.29) is 0 Å². The van der Waals surface area contributed by atoms with E-state index >= 15 is 0 Å². The first-order valence-electron chi connectivity index (χ1n) is 8.14. The number of likely N-dealkylation sites (tertiary alicyclic amines) is 1. The Morgan fingerprint density at radius 1 is 1.10 bits per heavy atom. The average molecular weight is 272 g/mol. The van der Waals surface area contributed by atoms with Crippen LogP contribution in [0.1, 0.15) is 64.4 Å². The van der Waals surface area contributed by atoms with Crippen molar-refractivity contribution in [1.29, 1.82) is 0 Å². The molecule has 0 unspecified atom stereocenters. The second-order valence-electron chi connectivity index (χ2n) is 7.90. The minimum absolute atomic E-state index is 0.339. The maximum atomic E-state index is 4.14. The number of hydrogen-bond acceptors (Lipinski definition) is 2. The second-order valence-corrected chi connectivity index (χ2v) is 7.90. The first kappa shape index (κ1) is 14.1. The van der Waals surface area contributed by atoms with E-state index in [1.165, 1.54) is 50.8 Å². The van der Waals surface area contributed by atoms with E-state index in [0.29, 0.717) is 11.0 Å². The molecular formula is C18H28N2. The van der Waals surface area contributed by atoms with Crippen molar-refractivity contribution in [2.45, 2.75) is 64.3 Å². The molecule has 2 heterocycles. The van der Waals surface area contributed by atoms with Gasteiger partial charge in [-0.2, -0.15) is 0 Å². The molecule has 2 heteroatoms. The predicted octanol–water partition coefficient (Wildman–Crippen LogP) is 4.23. The van der Waals surface area contributed by atoms with Gasteiger partial charge in [-0.25, -0.2) is 0 Å². The summed E-state index contributed by atoms with van der Waals surface area (Å²) in [6, 6.07) is 4.41. The third kappa shape index (κ3) is 2.76. The van der Waals surface area contributed by atoms with Gasteiger partial charge >= 0.3 is 0 Å². The highest BCUT2D eigenvalue weighted by atomic mass is 15.2. The van der Waals surface area contributed by atoms with E-state index in [2.05, 4.69) is 42.8 Å². The van der Waals surface area contributed by atoms with Gasteiger partial charge in [0.1, 0.15) is 0 Å². The largest absolute Gasteiger partial charge is 0.298 e. The van der Waals surface area contributed by atoms with Crippen LogP contribution in [0, 0.1) is 5.41 Å². The molecule has 0 bridgehead atoms. The van der Waals surface area contributed by atoms with E-state index in [1.54, 1.807) is 0 Å². The standard InChI is InChI=1S/C18H28N2/c1-17(2,3)20-13-10-18(14-20)8-4-15(5-9-18)16-6-11-19-12-7-16/h6-7,11-12,15H,4-5,8-10,13-14H2,1-3H3. The fraction of sp³-hybridized carbons (Fsp3) is 0.722. The molecule has 0 atom stereocenters. The fourth-order valence-electron chi connectivity index (χ4n) is 4.11. The van der Waals surface area contributed by atoms with Crippen molar-refractivity contribution in [3.8, 4) is 0 Å². The topological polar surface area (TPSA) is 16.1 Å². The lowest BCUT2D eigenvalue weighted by Crippen LogP contribution is -2.41. The molecular weight excluding hydrogens is 244 g/mol. The Morgan fingerprint density at radius 3 is 2.30 bits per heavy atom. The van der Waals surface area contributed by atoms with Crippen molar-refractivity contribution in [2.24, 2.45) is 5.41 Å². The van der Waals surface area contributed by atoms with Crippen LogP contribution in [0.25, 0.3) is 0 Å². The highest BCUT2D eigenvalue weighted by Crippen LogP contribution is 2.49. The summed E-state index contributed by atoms with van der Waals surface area (Å²) in [5, 5.41) is 0. The lowest BCUT2D eigenvalue weighted by atomic mass is 9.68. The van der Waals surface area contributed by atoms with E-state index in [9.17, 15) is 0 Å². The molecule has 3 rings (SSSR count). The van der Waals surface area contributed by atoms with Gasteiger partial charge < -0.3 is 0 Å². The van der Waals surface area contributed by atoms with Crippen LogP contribution in [0.5, 0.6) is 0 Å². The van der Waals surface area contributed by atoms with Gasteiger partial charge in [0, 0.05) is 24.5 Å². The Labute approximate surface area is 123 Å². The summed E-state index contributed by atoms with van der Waals surface area (Å²) in [5.74, 6) is 0.771. The van der Waals surface area contributed by atoms with Gasteiger partial charge in [0.2, 0.25) is 0 Å². The number of aromatic nitrogens is 1. The summed E-state index contributed by atoms with van der Waals surface area (Å²) >= 11 is 0. The highest BCUT2D eigenvalue weighted by molar-refractivity contribution is 5.17. The Morgan fingerprint density at radius 2 is 1.75 bits per heavy atom. The quantitative estimate of drug-likeness (QED) is 0.760. The summed E-state index contributed by atoms with van der Waals surface area (Å²) in [6.07, 6.45) is 10.8. The highest BCUT2D eigenvalue weighted by Gasteiger charge is 2.43. The zero-order valence-electron chi connectivity index (χ0n) is 13.2. The van der Waals surface area contributed by atoms with Crippen LogP contribution in [0.3, 0.4) is 0 Å². The molecule has 1 saturated heterocycles. The van der Waals surface area contributed by atoms with Gasteiger partial charge in [0.15, 0.2) is 0 Å². The predicted molar refractivity (Wildman–Crippen MR) is 83.8 cm³/mol. The lowest BCUT2D eigenvalue weighted by molar-refractivity contribution is 0.122. The normalized spacial score (nSPS) is 31.9. The number of rotatable bonds is 1. The first-order chi connectivity index (χ1) is 9.49. The Bertz CT molecular complexity index is 438. The maximum absolute atomic E-state index is 4.14. The summed E-state index contributed by atoms with van der Waals surface area (Å²) in [5.41, 5.74) is 2.46. The minimum atomic E-state index is 0.339. The van der Waals surface area contributed by atoms with Crippen molar-refractivity contribution in [1.82, 2.24) is 9.88 Å². The number of pyridine rings is 1. The molecule has 1 aliphatic carbocycles. The van der Waals surface area contributed by atoms with Crippen LogP contribution in [0.2, 0.25) is 0 Å². The van der Waals surface area contributed by atoms with Crippen LogP contribution in [-0.4, -0.2) is 28.5 Å². The zero-order chi connectivity index (χ0) is 14.2. The summed E-state index contributed by atoms with van der Waals surface area (Å²) in [7, 11) is 0. The van der Waals surface area contributed by atoms with Crippen LogP contribution in [0.4, 0.5) is 0 Å². The van der Waals surface area contributed by atoms with Gasteiger partial charge in [-0.05, 0) is 88.4 Å². The lowest BCUT2D eigenvalue weighted by Gasteiger charge is -2.39. The third-order valence-electron chi connectivity index (χ3n) is 5.61. The fourth-order valence-corrected chi connectivity index (χ4v) is 4.11. The van der Waals surface area contributed by atoms with Crippen molar-refractivity contribution in [3.63, 3.8) is 0 Å². The molecule has 1 spiro atoms. The number of hydrogen-bond donors (Lipinski definition) is 0. The second kappa shape index (κ2) is 5.14. The van der Waals surface area contributed by atoms with Crippen LogP contribution >= 0.6 is 0 Å². The van der Waals surface area contributed by atoms with Gasteiger partial charge in [-0.3, -0.25) is 9.88 Å². The monoisotopic (exact) mass is 272 g/mol. The van der Waals surface area contributed by atoms with Gasteiger partial charge in [0.25, 0.3) is 0 Å². The summed E-state index contributed by atoms with van der Waals surface area (Å²) < 4.78 is 0. The average Bonchev–Trinajstić information content (AvgIpc) is 2.85. The SMILES string of the molecule is CC(C)(C)N1CCC2(CCC(c3ccncc3)CC2)C1. The summed E-state index contributed by atoms with van der Waals surface area (Å²) in [4.78, 5) is 6.84.